The van der Waals surface area contributed by atoms with Gasteiger partial charge in [-0.2, -0.15) is 5.10 Å². The number of hydrazone groups is 1. The summed E-state index contributed by atoms with van der Waals surface area (Å²) in [4.78, 5) is 24.7. The van der Waals surface area contributed by atoms with E-state index in [1.807, 2.05) is 42.5 Å². The lowest BCUT2D eigenvalue weighted by Gasteiger charge is -2.08. The van der Waals surface area contributed by atoms with Gasteiger partial charge in [0.25, 0.3) is 5.91 Å². The first-order valence-corrected chi connectivity index (χ1v) is 7.86. The molecule has 0 saturated heterocycles. The average molecular weight is 335 g/mol. The molecule has 0 bridgehead atoms. The van der Waals surface area contributed by atoms with E-state index >= 15 is 0 Å². The van der Waals surface area contributed by atoms with Gasteiger partial charge in [-0.1, -0.05) is 48.5 Å². The zero-order valence-electron chi connectivity index (χ0n) is 13.7. The highest BCUT2D eigenvalue weighted by Gasteiger charge is 2.20. The SMILES string of the molecule is CCOC(=O)n1c(C(=O)N/N=C\c2ccccc2)cc2ccccc21. The number of amides is 1. The Balaban J connectivity index is 1.89. The number of nitrogens with one attached hydrogen (secondary N) is 1. The minimum Gasteiger partial charge on any atom is -0.449 e. The van der Waals surface area contributed by atoms with Crippen LogP contribution in [0.3, 0.4) is 0 Å². The van der Waals surface area contributed by atoms with E-state index in [9.17, 15) is 9.59 Å². The van der Waals surface area contributed by atoms with Gasteiger partial charge in [-0.25, -0.2) is 14.8 Å². The number of ether oxygens (including phenoxy) is 1. The Morgan fingerprint density at radius 2 is 1.84 bits per heavy atom. The van der Waals surface area contributed by atoms with Crippen LogP contribution in [0.15, 0.2) is 65.8 Å². The Labute approximate surface area is 144 Å². The van der Waals surface area contributed by atoms with Crippen molar-refractivity contribution in [2.75, 3.05) is 6.61 Å². The molecule has 6 nitrogen and oxygen atoms in total. The number of benzene rings is 2. The zero-order valence-corrected chi connectivity index (χ0v) is 13.7. The topological polar surface area (TPSA) is 72.7 Å². The number of para-hydroxylation sites is 1. The summed E-state index contributed by atoms with van der Waals surface area (Å²) in [5.74, 6) is -0.489. The first-order chi connectivity index (χ1) is 12.2. The number of nitrogens with zero attached hydrogens (tertiary/aromatic N) is 2. The summed E-state index contributed by atoms with van der Waals surface area (Å²) < 4.78 is 6.32. The number of rotatable bonds is 4. The molecular weight excluding hydrogens is 318 g/mol. The van der Waals surface area contributed by atoms with E-state index in [-0.39, 0.29) is 12.3 Å². The molecule has 0 saturated carbocycles. The van der Waals surface area contributed by atoms with Crippen molar-refractivity contribution in [3.05, 3.63) is 71.9 Å². The Hall–Kier alpha value is -3.41. The van der Waals surface area contributed by atoms with Crippen molar-refractivity contribution in [2.24, 2.45) is 5.10 Å². The maximum absolute atomic E-state index is 12.5. The number of fused-ring (bicyclic) bond motifs is 1. The summed E-state index contributed by atoms with van der Waals surface area (Å²) in [6, 6.07) is 18.2. The summed E-state index contributed by atoms with van der Waals surface area (Å²) in [6.45, 7) is 1.94. The fourth-order valence-corrected chi connectivity index (χ4v) is 2.47. The monoisotopic (exact) mass is 335 g/mol. The van der Waals surface area contributed by atoms with Crippen molar-refractivity contribution in [3.63, 3.8) is 0 Å². The zero-order chi connectivity index (χ0) is 17.6. The number of aromatic nitrogens is 1. The van der Waals surface area contributed by atoms with Gasteiger partial charge in [0.1, 0.15) is 5.69 Å². The van der Waals surface area contributed by atoms with Gasteiger partial charge >= 0.3 is 6.09 Å². The van der Waals surface area contributed by atoms with Crippen LogP contribution in [0.2, 0.25) is 0 Å². The largest absolute Gasteiger partial charge is 0.449 e. The molecule has 0 aliphatic heterocycles. The van der Waals surface area contributed by atoms with Gasteiger partial charge in [0, 0.05) is 5.39 Å². The first kappa shape index (κ1) is 16.4. The second-order valence-electron chi connectivity index (χ2n) is 5.23. The lowest BCUT2D eigenvalue weighted by atomic mass is 10.2. The molecule has 0 radical (unpaired) electrons. The molecule has 0 unspecified atom stereocenters. The molecule has 1 amide bonds. The van der Waals surface area contributed by atoms with E-state index in [1.54, 1.807) is 25.1 Å². The Morgan fingerprint density at radius 1 is 1.12 bits per heavy atom. The fraction of sp³-hybridized carbons (Fsp3) is 0.105. The molecule has 6 heteroatoms. The minimum absolute atomic E-state index is 0.171. The van der Waals surface area contributed by atoms with Crippen molar-refractivity contribution in [1.82, 2.24) is 9.99 Å². The van der Waals surface area contributed by atoms with E-state index in [1.165, 1.54) is 10.8 Å². The summed E-state index contributed by atoms with van der Waals surface area (Å²) in [7, 11) is 0. The fourth-order valence-electron chi connectivity index (χ4n) is 2.47. The van der Waals surface area contributed by atoms with Gasteiger partial charge in [-0.05, 0) is 24.6 Å². The molecule has 0 fully saturated rings. The van der Waals surface area contributed by atoms with Crippen molar-refractivity contribution >= 4 is 29.1 Å². The summed E-state index contributed by atoms with van der Waals surface area (Å²) in [6.07, 6.45) is 0.941. The average Bonchev–Trinajstić information content (AvgIpc) is 3.02. The molecule has 1 N–H and O–H groups in total. The molecule has 126 valence electrons. The van der Waals surface area contributed by atoms with Gasteiger partial charge in [0.15, 0.2) is 0 Å². The van der Waals surface area contributed by atoms with Gasteiger partial charge < -0.3 is 4.74 Å². The van der Waals surface area contributed by atoms with Gasteiger partial charge in [0.05, 0.1) is 18.3 Å². The van der Waals surface area contributed by atoms with E-state index < -0.39 is 12.0 Å². The second-order valence-corrected chi connectivity index (χ2v) is 5.23. The van der Waals surface area contributed by atoms with E-state index in [0.717, 1.165) is 10.9 Å². The van der Waals surface area contributed by atoms with E-state index in [4.69, 9.17) is 4.74 Å². The normalized spacial score (nSPS) is 10.9. The first-order valence-electron chi connectivity index (χ1n) is 7.86. The number of hydrogen-bond donors (Lipinski definition) is 1. The molecule has 1 aromatic heterocycles. The van der Waals surface area contributed by atoms with Gasteiger partial charge in [-0.3, -0.25) is 4.79 Å². The standard InChI is InChI=1S/C19H17N3O3/c1-2-25-19(24)22-16-11-7-6-10-15(16)12-17(22)18(23)21-20-13-14-8-4-3-5-9-14/h3-13H,2H2,1H3,(H,21,23)/b20-13-. The van der Waals surface area contributed by atoms with Crippen LogP contribution in [-0.2, 0) is 4.74 Å². The third-order valence-electron chi connectivity index (χ3n) is 3.57. The van der Waals surface area contributed by atoms with Crippen molar-refractivity contribution in [3.8, 4) is 0 Å². The highest BCUT2D eigenvalue weighted by atomic mass is 16.5. The summed E-state index contributed by atoms with van der Waals surface area (Å²) in [5.41, 5.74) is 4.08. The van der Waals surface area contributed by atoms with Crippen LogP contribution < -0.4 is 5.43 Å². The van der Waals surface area contributed by atoms with Crippen LogP contribution in [0.5, 0.6) is 0 Å². The minimum atomic E-state index is -0.596. The van der Waals surface area contributed by atoms with E-state index in [0.29, 0.717) is 5.52 Å². The summed E-state index contributed by atoms with van der Waals surface area (Å²) in [5, 5.41) is 4.72. The van der Waals surface area contributed by atoms with E-state index in [2.05, 4.69) is 10.5 Å². The lowest BCUT2D eigenvalue weighted by Crippen LogP contribution is -2.25. The van der Waals surface area contributed by atoms with Crippen LogP contribution in [0.4, 0.5) is 4.79 Å². The van der Waals surface area contributed by atoms with Crippen LogP contribution >= 0.6 is 0 Å². The van der Waals surface area contributed by atoms with Crippen LogP contribution in [-0.4, -0.2) is 29.4 Å². The number of hydrogen-bond acceptors (Lipinski definition) is 4. The molecule has 3 rings (SSSR count). The number of carbonyl (C=O) groups is 2. The predicted octanol–water partition coefficient (Wildman–Crippen LogP) is 3.41. The van der Waals surface area contributed by atoms with Gasteiger partial charge in [-0.15, -0.1) is 0 Å². The smallest absolute Gasteiger partial charge is 0.419 e. The van der Waals surface area contributed by atoms with Crippen LogP contribution in [0, 0.1) is 0 Å². The Kier molecular flexibility index (Phi) is 4.89. The third kappa shape index (κ3) is 3.58. The molecule has 0 aliphatic rings. The molecule has 3 aromatic rings. The molecule has 0 atom stereocenters. The van der Waals surface area contributed by atoms with Crippen molar-refractivity contribution < 1.29 is 14.3 Å². The second kappa shape index (κ2) is 7.44. The number of carbonyl (C=O) groups excluding carboxylic acids is 2. The molecule has 1 heterocycles. The summed E-state index contributed by atoms with van der Waals surface area (Å²) >= 11 is 0. The van der Waals surface area contributed by atoms with Crippen LogP contribution in [0.25, 0.3) is 10.9 Å². The highest BCUT2D eigenvalue weighted by Crippen LogP contribution is 2.20. The predicted molar refractivity (Wildman–Crippen MR) is 95.9 cm³/mol. The molecular formula is C19H17N3O3. The lowest BCUT2D eigenvalue weighted by molar-refractivity contribution is 0.0941. The quantitative estimate of drug-likeness (QED) is 0.586. The molecule has 0 spiro atoms. The van der Waals surface area contributed by atoms with Crippen LogP contribution in [0.1, 0.15) is 23.0 Å². The highest BCUT2D eigenvalue weighted by molar-refractivity contribution is 6.03. The van der Waals surface area contributed by atoms with Gasteiger partial charge in [0.2, 0.25) is 0 Å². The molecule has 25 heavy (non-hydrogen) atoms. The Bertz CT molecular complexity index is 929. The molecule has 0 aliphatic carbocycles. The van der Waals surface area contributed by atoms with Crippen molar-refractivity contribution in [2.45, 2.75) is 6.92 Å². The Morgan fingerprint density at radius 3 is 2.60 bits per heavy atom. The van der Waals surface area contributed by atoms with Crippen molar-refractivity contribution in [1.29, 1.82) is 0 Å². The maximum atomic E-state index is 12.5. The maximum Gasteiger partial charge on any atom is 0.419 e. The molecule has 2 aromatic carbocycles. The third-order valence-corrected chi connectivity index (χ3v) is 3.57.